The van der Waals surface area contributed by atoms with Crippen molar-refractivity contribution in [3.05, 3.63) is 24.6 Å². The first-order valence-corrected chi connectivity index (χ1v) is 9.80. The van der Waals surface area contributed by atoms with Crippen molar-refractivity contribution in [2.75, 3.05) is 6.54 Å². The fourth-order valence-corrected chi connectivity index (χ4v) is 3.96. The number of nitrogens with zero attached hydrogens (tertiary/aromatic N) is 3. The molecule has 1 aliphatic carbocycles. The number of hydrogen-bond donors (Lipinski definition) is 2. The van der Waals surface area contributed by atoms with Crippen LogP contribution in [0.1, 0.15) is 32.1 Å². The molecule has 1 saturated heterocycles. The van der Waals surface area contributed by atoms with E-state index in [9.17, 15) is 19.6 Å². The van der Waals surface area contributed by atoms with Crippen LogP contribution in [0.2, 0.25) is 0 Å². The summed E-state index contributed by atoms with van der Waals surface area (Å²) >= 11 is 0. The van der Waals surface area contributed by atoms with E-state index in [-0.39, 0.29) is 36.0 Å². The molecule has 1 saturated carbocycles. The summed E-state index contributed by atoms with van der Waals surface area (Å²) in [5.74, 6) is -0.651. The predicted octanol–water partition coefficient (Wildman–Crippen LogP) is 0.630. The minimum absolute atomic E-state index is 0.0732. The highest BCUT2D eigenvalue weighted by atomic mass is 16.2. The quantitative estimate of drug-likeness (QED) is 0.673. The third-order valence-corrected chi connectivity index (χ3v) is 5.78. The van der Waals surface area contributed by atoms with E-state index < -0.39 is 12.1 Å². The van der Waals surface area contributed by atoms with E-state index >= 15 is 0 Å². The van der Waals surface area contributed by atoms with Crippen molar-refractivity contribution in [2.24, 2.45) is 22.7 Å². The van der Waals surface area contributed by atoms with Crippen molar-refractivity contribution in [2.45, 2.75) is 44.2 Å². The summed E-state index contributed by atoms with van der Waals surface area (Å²) in [6.07, 6.45) is 10.6. The predicted molar refractivity (Wildman–Crippen MR) is 100 cm³/mol. The van der Waals surface area contributed by atoms with Crippen LogP contribution in [-0.4, -0.2) is 47.0 Å². The van der Waals surface area contributed by atoms with Crippen LogP contribution >= 0.6 is 0 Å². The van der Waals surface area contributed by atoms with Crippen LogP contribution in [0.25, 0.3) is 0 Å². The maximum atomic E-state index is 13.0. The van der Waals surface area contributed by atoms with E-state index in [1.807, 2.05) is 12.2 Å². The van der Waals surface area contributed by atoms with Crippen LogP contribution in [-0.2, 0) is 14.4 Å². The molecule has 2 fully saturated rings. The Balaban J connectivity index is 1.46. The lowest BCUT2D eigenvalue weighted by molar-refractivity contribution is -0.134. The van der Waals surface area contributed by atoms with Gasteiger partial charge in [-0.15, -0.1) is 0 Å². The molecule has 0 bridgehead atoms. The van der Waals surface area contributed by atoms with Crippen LogP contribution in [0.4, 0.5) is 0 Å². The van der Waals surface area contributed by atoms with Gasteiger partial charge >= 0.3 is 0 Å². The molecule has 3 aliphatic heterocycles. The monoisotopic (exact) mass is 381 g/mol. The molecule has 4 atom stereocenters. The van der Waals surface area contributed by atoms with Crippen LogP contribution in [0, 0.1) is 29.1 Å². The second-order valence-corrected chi connectivity index (χ2v) is 7.83. The number of amides is 3. The average Bonchev–Trinajstić information content (AvgIpc) is 3.21. The first-order valence-electron chi connectivity index (χ1n) is 9.80. The Kier molecular flexibility index (Phi) is 4.99. The number of carbonyl (C=O) groups is 3. The number of hydrogen-bond acceptors (Lipinski definition) is 5. The van der Waals surface area contributed by atoms with Crippen molar-refractivity contribution < 1.29 is 14.4 Å². The third kappa shape index (κ3) is 3.70. The summed E-state index contributed by atoms with van der Waals surface area (Å²) in [5.41, 5.74) is 0.426. The lowest BCUT2D eigenvalue weighted by Crippen LogP contribution is -2.53. The average molecular weight is 381 g/mol. The number of nitriles is 1. The number of carbonyl (C=O) groups excluding carboxylic acids is 3. The molecule has 0 radical (unpaired) electrons. The Morgan fingerprint density at radius 1 is 1.32 bits per heavy atom. The second-order valence-electron chi connectivity index (χ2n) is 7.83. The van der Waals surface area contributed by atoms with Crippen molar-refractivity contribution >= 4 is 23.4 Å². The molecule has 0 aromatic heterocycles. The van der Waals surface area contributed by atoms with Gasteiger partial charge in [0.25, 0.3) is 5.91 Å². The molecular weight excluding hydrogens is 358 g/mol. The molecule has 2 N–H and O–H groups in total. The number of fused-ring (bicyclic) bond motifs is 1. The van der Waals surface area contributed by atoms with Gasteiger partial charge in [0.1, 0.15) is 17.8 Å². The Bertz CT molecular complexity index is 820. The molecule has 0 aromatic rings. The van der Waals surface area contributed by atoms with Crippen LogP contribution in [0.15, 0.2) is 29.5 Å². The molecular formula is C20H23N5O3. The largest absolute Gasteiger partial charge is 0.356 e. The zero-order valence-corrected chi connectivity index (χ0v) is 15.5. The minimum Gasteiger partial charge on any atom is -0.356 e. The van der Waals surface area contributed by atoms with Gasteiger partial charge in [0.15, 0.2) is 0 Å². The number of rotatable bonds is 7. The molecule has 0 aromatic carbocycles. The van der Waals surface area contributed by atoms with Gasteiger partial charge in [-0.2, -0.15) is 5.26 Å². The SMILES string of the molecule is N#C[C@H](C[C@@H]1CCNC1=O)NC(=O)[C@H](CC1CC1)N1C=CC2C=CN=C2C1=O. The summed E-state index contributed by atoms with van der Waals surface area (Å²) < 4.78 is 0. The molecule has 0 spiro atoms. The highest BCUT2D eigenvalue weighted by Crippen LogP contribution is 2.36. The minimum atomic E-state index is -0.759. The fraction of sp³-hybridized carbons (Fsp3) is 0.550. The summed E-state index contributed by atoms with van der Waals surface area (Å²) in [6, 6.07) is 0.657. The Labute approximate surface area is 163 Å². The Hall–Kier alpha value is -2.95. The van der Waals surface area contributed by atoms with Crippen LogP contribution < -0.4 is 10.6 Å². The zero-order valence-electron chi connectivity index (χ0n) is 15.5. The zero-order chi connectivity index (χ0) is 19.7. The molecule has 4 rings (SSSR count). The number of nitrogens with one attached hydrogen (secondary N) is 2. The van der Waals surface area contributed by atoms with Crippen LogP contribution in [0.3, 0.4) is 0 Å². The van der Waals surface area contributed by atoms with E-state index in [1.54, 1.807) is 12.4 Å². The summed E-state index contributed by atoms with van der Waals surface area (Å²) in [4.78, 5) is 43.2. The molecule has 146 valence electrons. The first kappa shape index (κ1) is 18.4. The summed E-state index contributed by atoms with van der Waals surface area (Å²) in [6.45, 7) is 0.601. The standard InChI is InChI=1S/C20H23N5O3/c21-11-15(10-14-4-7-23-18(14)26)24-19(27)16(9-12-1-2-12)25-8-5-13-3-6-22-17(13)20(25)28/h3,5-6,8,12-16H,1-2,4,7,9-10H2,(H,23,26)(H,24,27)/t13?,14-,15-,16-/m0/s1. The highest BCUT2D eigenvalue weighted by Gasteiger charge is 2.40. The normalized spacial score (nSPS) is 27.7. The van der Waals surface area contributed by atoms with Gasteiger partial charge in [-0.25, -0.2) is 0 Å². The fourth-order valence-electron chi connectivity index (χ4n) is 3.96. The summed E-state index contributed by atoms with van der Waals surface area (Å²) in [5, 5.41) is 15.0. The maximum absolute atomic E-state index is 13.0. The van der Waals surface area contributed by atoms with Gasteiger partial charge < -0.3 is 15.5 Å². The van der Waals surface area contributed by atoms with E-state index in [2.05, 4.69) is 21.7 Å². The lowest BCUT2D eigenvalue weighted by atomic mass is 9.96. The first-order chi connectivity index (χ1) is 13.6. The van der Waals surface area contributed by atoms with E-state index in [4.69, 9.17) is 0 Å². The molecule has 8 heteroatoms. The number of allylic oxidation sites excluding steroid dienone is 2. The van der Waals surface area contributed by atoms with E-state index in [0.717, 1.165) is 12.8 Å². The highest BCUT2D eigenvalue weighted by molar-refractivity contribution is 6.42. The van der Waals surface area contributed by atoms with Gasteiger partial charge in [0.2, 0.25) is 11.8 Å². The molecule has 3 heterocycles. The smallest absolute Gasteiger partial charge is 0.273 e. The van der Waals surface area contributed by atoms with Crippen molar-refractivity contribution in [3.8, 4) is 6.07 Å². The van der Waals surface area contributed by atoms with E-state index in [0.29, 0.717) is 31.0 Å². The second kappa shape index (κ2) is 7.58. The van der Waals surface area contributed by atoms with Gasteiger partial charge in [-0.05, 0) is 25.2 Å². The molecule has 3 amide bonds. The van der Waals surface area contributed by atoms with Crippen molar-refractivity contribution in [1.29, 1.82) is 5.26 Å². The topological polar surface area (TPSA) is 115 Å². The van der Waals surface area contributed by atoms with Gasteiger partial charge in [-0.3, -0.25) is 19.4 Å². The summed E-state index contributed by atoms with van der Waals surface area (Å²) in [7, 11) is 0. The lowest BCUT2D eigenvalue weighted by Gasteiger charge is -2.32. The maximum Gasteiger partial charge on any atom is 0.273 e. The van der Waals surface area contributed by atoms with Crippen molar-refractivity contribution in [3.63, 3.8) is 0 Å². The third-order valence-electron chi connectivity index (χ3n) is 5.78. The van der Waals surface area contributed by atoms with E-state index in [1.165, 1.54) is 4.90 Å². The van der Waals surface area contributed by atoms with Gasteiger partial charge in [0, 0.05) is 30.8 Å². The van der Waals surface area contributed by atoms with Gasteiger partial charge in [0.05, 0.1) is 6.07 Å². The molecule has 1 unspecified atom stereocenters. The Morgan fingerprint density at radius 2 is 2.14 bits per heavy atom. The van der Waals surface area contributed by atoms with Crippen LogP contribution in [0.5, 0.6) is 0 Å². The van der Waals surface area contributed by atoms with Crippen molar-refractivity contribution in [1.82, 2.24) is 15.5 Å². The Morgan fingerprint density at radius 3 is 2.82 bits per heavy atom. The molecule has 8 nitrogen and oxygen atoms in total. The van der Waals surface area contributed by atoms with Gasteiger partial charge in [-0.1, -0.05) is 25.0 Å². The number of aliphatic imine (C=N–C) groups is 1. The molecule has 28 heavy (non-hydrogen) atoms. The molecule has 4 aliphatic rings.